The molecule has 3 aromatic rings. The number of hydrogen-bond donors (Lipinski definition) is 2. The zero-order valence-electron chi connectivity index (χ0n) is 13.8. The van der Waals surface area contributed by atoms with E-state index in [0.29, 0.717) is 30.3 Å². The Kier molecular flexibility index (Phi) is 4.74. The minimum Gasteiger partial charge on any atom is -0.441 e. The number of carbonyl (C=O) groups excluding carboxylic acids is 1. The van der Waals surface area contributed by atoms with Crippen molar-refractivity contribution in [2.45, 2.75) is 33.1 Å². The van der Waals surface area contributed by atoms with Gasteiger partial charge in [-0.3, -0.25) is 9.89 Å². The number of aromatic nitrogens is 3. The Morgan fingerprint density at radius 1 is 1.29 bits per heavy atom. The number of H-pyrrole nitrogens is 1. The van der Waals surface area contributed by atoms with E-state index in [1.165, 1.54) is 5.56 Å². The fraction of sp³-hybridized carbons (Fsp3) is 0.278. The second kappa shape index (κ2) is 7.12. The molecule has 2 N–H and O–H groups in total. The van der Waals surface area contributed by atoms with Gasteiger partial charge in [0, 0.05) is 30.2 Å². The largest absolute Gasteiger partial charge is 0.441 e. The van der Waals surface area contributed by atoms with Gasteiger partial charge < -0.3 is 9.73 Å². The lowest BCUT2D eigenvalue weighted by molar-refractivity contribution is -0.116. The van der Waals surface area contributed by atoms with Crippen LogP contribution in [-0.4, -0.2) is 21.1 Å². The summed E-state index contributed by atoms with van der Waals surface area (Å²) >= 11 is 0. The van der Waals surface area contributed by atoms with Crippen LogP contribution < -0.4 is 5.32 Å². The smallest absolute Gasteiger partial charge is 0.226 e. The quantitative estimate of drug-likeness (QED) is 0.727. The van der Waals surface area contributed by atoms with E-state index in [2.05, 4.69) is 20.5 Å². The van der Waals surface area contributed by atoms with Crippen molar-refractivity contribution in [1.29, 1.82) is 0 Å². The number of anilines is 1. The van der Waals surface area contributed by atoms with Gasteiger partial charge in [0.05, 0.1) is 6.20 Å². The van der Waals surface area contributed by atoms with E-state index in [4.69, 9.17) is 4.42 Å². The molecule has 0 radical (unpaired) electrons. The molecule has 0 aliphatic heterocycles. The number of oxazole rings is 1. The zero-order valence-corrected chi connectivity index (χ0v) is 13.8. The maximum atomic E-state index is 12.0. The van der Waals surface area contributed by atoms with Crippen molar-refractivity contribution >= 4 is 11.7 Å². The number of nitrogens with one attached hydrogen (secondary N) is 2. The molecular formula is C18H20N4O2. The van der Waals surface area contributed by atoms with Crippen LogP contribution in [0.2, 0.25) is 0 Å². The Bertz CT molecular complexity index is 818. The number of aryl methyl sites for hydroxylation is 3. The summed E-state index contributed by atoms with van der Waals surface area (Å²) in [4.78, 5) is 16.2. The molecule has 2 heterocycles. The second-order valence-electron chi connectivity index (χ2n) is 5.66. The predicted octanol–water partition coefficient (Wildman–Crippen LogP) is 3.51. The highest BCUT2D eigenvalue weighted by molar-refractivity contribution is 5.89. The molecule has 124 valence electrons. The molecule has 0 saturated carbocycles. The number of nitrogens with zero attached hydrogens (tertiary/aromatic N) is 2. The molecule has 0 fully saturated rings. The minimum absolute atomic E-state index is 0.112. The van der Waals surface area contributed by atoms with Crippen LogP contribution in [0.25, 0.3) is 11.3 Å². The predicted molar refractivity (Wildman–Crippen MR) is 91.6 cm³/mol. The number of aromatic amines is 1. The van der Waals surface area contributed by atoms with Gasteiger partial charge in [0.15, 0.2) is 17.5 Å². The van der Waals surface area contributed by atoms with Gasteiger partial charge in [0.1, 0.15) is 0 Å². The van der Waals surface area contributed by atoms with Crippen molar-refractivity contribution in [2.24, 2.45) is 0 Å². The Balaban J connectivity index is 1.55. The fourth-order valence-corrected chi connectivity index (χ4v) is 2.31. The molecule has 1 aromatic carbocycles. The third-order valence-corrected chi connectivity index (χ3v) is 3.73. The van der Waals surface area contributed by atoms with Gasteiger partial charge in [-0.25, -0.2) is 4.98 Å². The van der Waals surface area contributed by atoms with Crippen molar-refractivity contribution in [2.75, 3.05) is 5.32 Å². The lowest BCUT2D eigenvalue weighted by atomic mass is 10.1. The summed E-state index contributed by atoms with van der Waals surface area (Å²) in [5.41, 5.74) is 3.16. The van der Waals surface area contributed by atoms with Crippen LogP contribution >= 0.6 is 0 Å². The number of hydrogen-bond acceptors (Lipinski definition) is 4. The van der Waals surface area contributed by atoms with E-state index in [0.717, 1.165) is 17.7 Å². The Morgan fingerprint density at radius 2 is 2.08 bits per heavy atom. The average molecular weight is 324 g/mol. The van der Waals surface area contributed by atoms with E-state index in [9.17, 15) is 4.79 Å². The minimum atomic E-state index is -0.112. The molecule has 24 heavy (non-hydrogen) atoms. The molecule has 1 amide bonds. The van der Waals surface area contributed by atoms with Gasteiger partial charge in [0.2, 0.25) is 5.91 Å². The molecule has 0 bridgehead atoms. The van der Waals surface area contributed by atoms with Crippen molar-refractivity contribution in [1.82, 2.24) is 15.2 Å². The zero-order chi connectivity index (χ0) is 16.9. The van der Waals surface area contributed by atoms with Crippen LogP contribution in [0.5, 0.6) is 0 Å². The van der Waals surface area contributed by atoms with Gasteiger partial charge in [-0.15, -0.1) is 0 Å². The van der Waals surface area contributed by atoms with Crippen LogP contribution in [-0.2, 0) is 17.6 Å². The molecule has 0 unspecified atom stereocenters. The van der Waals surface area contributed by atoms with Crippen molar-refractivity contribution in [3.05, 3.63) is 53.7 Å². The van der Waals surface area contributed by atoms with E-state index >= 15 is 0 Å². The van der Waals surface area contributed by atoms with E-state index in [-0.39, 0.29) is 5.91 Å². The molecular weight excluding hydrogens is 304 g/mol. The van der Waals surface area contributed by atoms with Gasteiger partial charge in [-0.2, -0.15) is 5.10 Å². The third kappa shape index (κ3) is 3.90. The summed E-state index contributed by atoms with van der Waals surface area (Å²) in [6.45, 7) is 4.06. The first kappa shape index (κ1) is 16.0. The highest BCUT2D eigenvalue weighted by Gasteiger charge is 2.10. The average Bonchev–Trinajstić information content (AvgIpc) is 3.23. The van der Waals surface area contributed by atoms with Crippen LogP contribution in [0, 0.1) is 6.92 Å². The summed E-state index contributed by atoms with van der Waals surface area (Å²) < 4.78 is 5.72. The molecule has 0 atom stereocenters. The molecule has 0 spiro atoms. The Hall–Kier alpha value is -2.89. The first-order valence-electron chi connectivity index (χ1n) is 8.00. The van der Waals surface area contributed by atoms with E-state index in [1.54, 1.807) is 6.20 Å². The van der Waals surface area contributed by atoms with Gasteiger partial charge in [0.25, 0.3) is 0 Å². The fourth-order valence-electron chi connectivity index (χ4n) is 2.31. The first-order valence-corrected chi connectivity index (χ1v) is 8.00. The monoisotopic (exact) mass is 324 g/mol. The standard InChI is InChI=1S/C18H20N4O2/c1-3-14-10-16(22-21-14)20-17(23)8-9-18-19-11-15(24-18)13-6-4-12(2)5-7-13/h4-7,10-11H,3,8-9H2,1-2H3,(H2,20,21,22,23). The van der Waals surface area contributed by atoms with Gasteiger partial charge >= 0.3 is 0 Å². The van der Waals surface area contributed by atoms with Crippen LogP contribution in [0.15, 0.2) is 40.9 Å². The molecule has 0 saturated heterocycles. The summed E-state index contributed by atoms with van der Waals surface area (Å²) in [5, 5.41) is 9.66. The molecule has 0 aliphatic rings. The maximum absolute atomic E-state index is 12.0. The third-order valence-electron chi connectivity index (χ3n) is 3.73. The van der Waals surface area contributed by atoms with E-state index in [1.807, 2.05) is 44.2 Å². The first-order chi connectivity index (χ1) is 11.6. The lowest BCUT2D eigenvalue weighted by Gasteiger charge is -2.00. The molecule has 6 heteroatoms. The Labute approximate surface area is 140 Å². The molecule has 2 aromatic heterocycles. The number of carbonyl (C=O) groups is 1. The summed E-state index contributed by atoms with van der Waals surface area (Å²) in [6, 6.07) is 9.88. The normalized spacial score (nSPS) is 10.8. The topological polar surface area (TPSA) is 83.8 Å². The van der Waals surface area contributed by atoms with Crippen LogP contribution in [0.1, 0.15) is 30.5 Å². The van der Waals surface area contributed by atoms with Crippen molar-refractivity contribution < 1.29 is 9.21 Å². The number of amides is 1. The molecule has 3 rings (SSSR count). The summed E-state index contributed by atoms with van der Waals surface area (Å²) in [5.74, 6) is 1.70. The highest BCUT2D eigenvalue weighted by atomic mass is 16.4. The number of rotatable bonds is 6. The summed E-state index contributed by atoms with van der Waals surface area (Å²) in [7, 11) is 0. The van der Waals surface area contributed by atoms with Crippen molar-refractivity contribution in [3.8, 4) is 11.3 Å². The van der Waals surface area contributed by atoms with Gasteiger partial charge in [-0.05, 0) is 13.3 Å². The van der Waals surface area contributed by atoms with E-state index < -0.39 is 0 Å². The molecule has 0 aliphatic carbocycles. The second-order valence-corrected chi connectivity index (χ2v) is 5.66. The number of benzene rings is 1. The van der Waals surface area contributed by atoms with Crippen LogP contribution in [0.4, 0.5) is 5.82 Å². The highest BCUT2D eigenvalue weighted by Crippen LogP contribution is 2.21. The van der Waals surface area contributed by atoms with Gasteiger partial charge in [-0.1, -0.05) is 36.8 Å². The Morgan fingerprint density at radius 3 is 2.79 bits per heavy atom. The SMILES string of the molecule is CCc1cc(NC(=O)CCc2ncc(-c3ccc(C)cc3)o2)n[nH]1. The maximum Gasteiger partial charge on any atom is 0.226 e. The molecule has 6 nitrogen and oxygen atoms in total. The summed E-state index contributed by atoms with van der Waals surface area (Å²) in [6.07, 6.45) is 3.28. The van der Waals surface area contributed by atoms with Crippen molar-refractivity contribution in [3.63, 3.8) is 0 Å². The van der Waals surface area contributed by atoms with Crippen LogP contribution in [0.3, 0.4) is 0 Å². The lowest BCUT2D eigenvalue weighted by Crippen LogP contribution is -2.12.